The summed E-state index contributed by atoms with van der Waals surface area (Å²) in [5, 5.41) is 25.4. The second-order valence-corrected chi connectivity index (χ2v) is 7.34. The van der Waals surface area contributed by atoms with Gasteiger partial charge in [-0.3, -0.25) is 4.98 Å². The van der Waals surface area contributed by atoms with Crippen LogP contribution in [0.2, 0.25) is 0 Å². The fourth-order valence-electron chi connectivity index (χ4n) is 4.68. The van der Waals surface area contributed by atoms with E-state index in [2.05, 4.69) is 11.6 Å². The molecular weight excluding hydrogens is 316 g/mol. The Morgan fingerprint density at radius 3 is 3.00 bits per heavy atom. The number of pyridine rings is 1. The second kappa shape index (κ2) is 6.09. The molecule has 1 N–H and O–H groups in total. The molecule has 0 aliphatic carbocycles. The third kappa shape index (κ3) is 2.63. The lowest BCUT2D eigenvalue weighted by Gasteiger charge is -2.61. The van der Waals surface area contributed by atoms with Crippen molar-refractivity contribution in [1.29, 1.82) is 0 Å². The van der Waals surface area contributed by atoms with Crippen LogP contribution >= 0.6 is 0 Å². The van der Waals surface area contributed by atoms with Crippen molar-refractivity contribution in [2.75, 3.05) is 20.2 Å². The molecule has 132 valence electrons. The molecular formula is C20H24N2O3. The summed E-state index contributed by atoms with van der Waals surface area (Å²) in [5.41, 5.74) is 1.57. The van der Waals surface area contributed by atoms with Crippen molar-refractivity contribution in [3.05, 3.63) is 53.9 Å². The van der Waals surface area contributed by atoms with E-state index in [1.165, 1.54) is 0 Å². The third-order valence-electron chi connectivity index (χ3n) is 6.12. The summed E-state index contributed by atoms with van der Waals surface area (Å²) in [6.45, 7) is 5.01. The van der Waals surface area contributed by atoms with Gasteiger partial charge in [-0.25, -0.2) is 0 Å². The number of aliphatic hydroxyl groups is 1. The Kier molecular flexibility index (Phi) is 4.02. The fraction of sp³-hybridized carbons (Fsp3) is 0.450. The average Bonchev–Trinajstić information content (AvgIpc) is 2.66. The van der Waals surface area contributed by atoms with Crippen LogP contribution in [-0.2, 0) is 0 Å². The average molecular weight is 340 g/mol. The number of hydrogen-bond acceptors (Lipinski definition) is 4. The Morgan fingerprint density at radius 2 is 2.28 bits per heavy atom. The molecule has 1 aromatic carbocycles. The zero-order chi connectivity index (χ0) is 17.6. The lowest BCUT2D eigenvalue weighted by molar-refractivity contribution is -0.929. The van der Waals surface area contributed by atoms with Crippen LogP contribution in [0.3, 0.4) is 0 Å². The minimum absolute atomic E-state index is 0.268. The van der Waals surface area contributed by atoms with Gasteiger partial charge in [0, 0.05) is 30.3 Å². The van der Waals surface area contributed by atoms with E-state index in [1.807, 2.05) is 30.3 Å². The van der Waals surface area contributed by atoms with Gasteiger partial charge in [0.1, 0.15) is 17.9 Å². The zero-order valence-corrected chi connectivity index (χ0v) is 14.5. The van der Waals surface area contributed by atoms with Crippen molar-refractivity contribution in [2.24, 2.45) is 11.8 Å². The van der Waals surface area contributed by atoms with Crippen molar-refractivity contribution >= 4 is 10.9 Å². The highest BCUT2D eigenvalue weighted by molar-refractivity contribution is 5.83. The summed E-state index contributed by atoms with van der Waals surface area (Å²) in [6.07, 6.45) is 4.49. The van der Waals surface area contributed by atoms with Gasteiger partial charge in [-0.15, -0.1) is 6.58 Å². The van der Waals surface area contributed by atoms with Gasteiger partial charge in [-0.1, -0.05) is 6.08 Å². The molecule has 5 atom stereocenters. The topological polar surface area (TPSA) is 65.4 Å². The molecule has 25 heavy (non-hydrogen) atoms. The normalized spacial score (nSPS) is 32.5. The van der Waals surface area contributed by atoms with Gasteiger partial charge in [0.05, 0.1) is 25.7 Å². The number of aromatic nitrogens is 1. The molecule has 5 rings (SSSR count). The molecule has 0 radical (unpaired) electrons. The van der Waals surface area contributed by atoms with Crippen LogP contribution in [0.15, 0.2) is 43.1 Å². The highest BCUT2D eigenvalue weighted by Gasteiger charge is 2.49. The number of methoxy groups -OCH3 is 1. The predicted molar refractivity (Wildman–Crippen MR) is 96.8 cm³/mol. The molecule has 0 saturated carbocycles. The molecule has 0 spiro atoms. The largest absolute Gasteiger partial charge is 0.632 e. The van der Waals surface area contributed by atoms with Crippen LogP contribution in [0.4, 0.5) is 0 Å². The van der Waals surface area contributed by atoms with Crippen LogP contribution in [0.25, 0.3) is 10.9 Å². The molecule has 1 aromatic heterocycles. The van der Waals surface area contributed by atoms with Crippen molar-refractivity contribution in [3.8, 4) is 5.75 Å². The maximum absolute atomic E-state index is 13.4. The number of piperidine rings is 3. The summed E-state index contributed by atoms with van der Waals surface area (Å²) in [7, 11) is 1.62. The van der Waals surface area contributed by atoms with Crippen LogP contribution in [0.5, 0.6) is 5.75 Å². The maximum Gasteiger partial charge on any atom is 0.132 e. The minimum atomic E-state index is -0.802. The van der Waals surface area contributed by atoms with Crippen LogP contribution in [-0.4, -0.2) is 41.0 Å². The lowest BCUT2D eigenvalue weighted by atomic mass is 9.73. The fourth-order valence-corrected chi connectivity index (χ4v) is 4.68. The Balaban J connectivity index is 1.73. The van der Waals surface area contributed by atoms with Crippen LogP contribution in [0, 0.1) is 17.0 Å². The molecule has 5 nitrogen and oxygen atoms in total. The van der Waals surface area contributed by atoms with Gasteiger partial charge >= 0.3 is 0 Å². The first kappa shape index (κ1) is 16.5. The minimum Gasteiger partial charge on any atom is -0.632 e. The van der Waals surface area contributed by atoms with E-state index in [9.17, 15) is 10.3 Å². The summed E-state index contributed by atoms with van der Waals surface area (Å²) in [4.78, 5) is 4.37. The monoisotopic (exact) mass is 340 g/mol. The van der Waals surface area contributed by atoms with E-state index in [4.69, 9.17) is 4.74 Å². The van der Waals surface area contributed by atoms with E-state index in [0.29, 0.717) is 19.0 Å². The molecule has 2 bridgehead atoms. The van der Waals surface area contributed by atoms with Gasteiger partial charge < -0.3 is 19.7 Å². The molecule has 3 fully saturated rings. The number of benzene rings is 1. The lowest BCUT2D eigenvalue weighted by Crippen LogP contribution is -2.64. The standard InChI is InChI=1S/C20H24N2O3/c1-3-13-12-22(24)9-7-14(13)10-19(22)20(23)16-6-8-21-18-5-4-15(25-2)11-17(16)18/h3-6,8,11,13-14,19-20,23H,1,7,9-10,12H2,2H3/t13-,14+,19-,20-,22-/m1/s1. The summed E-state index contributed by atoms with van der Waals surface area (Å²) < 4.78 is 5.00. The number of quaternary nitrogens is 1. The molecule has 2 aromatic rings. The molecule has 3 saturated heterocycles. The van der Waals surface area contributed by atoms with Gasteiger partial charge in [0.15, 0.2) is 0 Å². The van der Waals surface area contributed by atoms with Gasteiger partial charge in [-0.05, 0) is 35.7 Å². The number of fused-ring (bicyclic) bond motifs is 4. The van der Waals surface area contributed by atoms with Crippen molar-refractivity contribution in [3.63, 3.8) is 0 Å². The van der Waals surface area contributed by atoms with Gasteiger partial charge in [0.2, 0.25) is 0 Å². The van der Waals surface area contributed by atoms with E-state index >= 15 is 0 Å². The Labute approximate surface area is 147 Å². The van der Waals surface area contributed by atoms with E-state index < -0.39 is 6.10 Å². The van der Waals surface area contributed by atoms with Crippen LogP contribution in [0.1, 0.15) is 24.5 Å². The number of rotatable bonds is 4. The summed E-state index contributed by atoms with van der Waals surface area (Å²) in [6, 6.07) is 7.12. The number of ether oxygens (including phenoxy) is 1. The number of hydroxylamine groups is 3. The highest BCUT2D eigenvalue weighted by Crippen LogP contribution is 2.46. The van der Waals surface area contributed by atoms with E-state index in [1.54, 1.807) is 13.3 Å². The highest BCUT2D eigenvalue weighted by atomic mass is 16.6. The smallest absolute Gasteiger partial charge is 0.132 e. The predicted octanol–water partition coefficient (Wildman–Crippen LogP) is 3.19. The van der Waals surface area contributed by atoms with Crippen molar-refractivity contribution < 1.29 is 14.5 Å². The maximum atomic E-state index is 13.4. The number of nitrogens with zero attached hydrogens (tertiary/aromatic N) is 2. The van der Waals surface area contributed by atoms with Crippen molar-refractivity contribution in [1.82, 2.24) is 4.98 Å². The Morgan fingerprint density at radius 1 is 1.44 bits per heavy atom. The molecule has 4 heterocycles. The molecule has 3 aliphatic heterocycles. The first-order chi connectivity index (χ1) is 12.1. The molecule has 0 amide bonds. The summed E-state index contributed by atoms with van der Waals surface area (Å²) in [5.74, 6) is 1.44. The molecule has 3 aliphatic rings. The molecule has 0 unspecified atom stereocenters. The third-order valence-corrected chi connectivity index (χ3v) is 6.12. The summed E-state index contributed by atoms with van der Waals surface area (Å²) >= 11 is 0. The first-order valence-corrected chi connectivity index (χ1v) is 8.87. The Bertz CT molecular complexity index is 809. The Hall–Kier alpha value is -1.95. The SMILES string of the molecule is C=C[C@@H]1C[N@+]2([O-])CC[C@H]1C[C@@H]2[C@H](O)c1ccnc2ccc(OC)cc12. The quantitative estimate of drug-likeness (QED) is 0.527. The van der Waals surface area contributed by atoms with Gasteiger partial charge in [-0.2, -0.15) is 0 Å². The number of hydrogen-bond donors (Lipinski definition) is 1. The van der Waals surface area contributed by atoms with Crippen molar-refractivity contribution in [2.45, 2.75) is 25.0 Å². The van der Waals surface area contributed by atoms with Gasteiger partial charge in [0.25, 0.3) is 0 Å². The first-order valence-electron chi connectivity index (χ1n) is 8.87. The van der Waals surface area contributed by atoms with E-state index in [0.717, 1.165) is 35.1 Å². The van der Waals surface area contributed by atoms with Crippen LogP contribution < -0.4 is 4.74 Å². The van der Waals surface area contributed by atoms with E-state index in [-0.39, 0.29) is 16.6 Å². The second-order valence-electron chi connectivity index (χ2n) is 7.34. The number of aliphatic hydroxyl groups excluding tert-OH is 1. The molecule has 5 heteroatoms. The zero-order valence-electron chi connectivity index (χ0n) is 14.5.